The van der Waals surface area contributed by atoms with Gasteiger partial charge in [-0.15, -0.1) is 0 Å². The van der Waals surface area contributed by atoms with Gasteiger partial charge in [0.15, 0.2) is 5.60 Å². The summed E-state index contributed by atoms with van der Waals surface area (Å²) in [6.07, 6.45) is 0.254. The van der Waals surface area contributed by atoms with Crippen LogP contribution in [0.2, 0.25) is 0 Å². The molecule has 0 aliphatic carbocycles. The van der Waals surface area contributed by atoms with E-state index in [1.54, 1.807) is 11.8 Å². The van der Waals surface area contributed by atoms with Crippen LogP contribution in [0, 0.1) is 0 Å². The minimum Gasteiger partial charge on any atom is -0.493 e. The van der Waals surface area contributed by atoms with Crippen LogP contribution in [-0.4, -0.2) is 48.6 Å². The van der Waals surface area contributed by atoms with E-state index in [9.17, 15) is 9.59 Å². The third kappa shape index (κ3) is 3.95. The average Bonchev–Trinajstić information content (AvgIpc) is 2.48. The van der Waals surface area contributed by atoms with Crippen molar-refractivity contribution in [2.24, 2.45) is 5.73 Å². The molecular weight excluding hydrogens is 272 g/mol. The van der Waals surface area contributed by atoms with Crippen LogP contribution in [0.5, 0.6) is 5.75 Å². The van der Waals surface area contributed by atoms with Gasteiger partial charge in [-0.3, -0.25) is 9.59 Å². The number of morpholine rings is 1. The van der Waals surface area contributed by atoms with Gasteiger partial charge in [-0.25, -0.2) is 0 Å². The zero-order chi connectivity index (χ0) is 15.3. The van der Waals surface area contributed by atoms with Crippen molar-refractivity contribution in [1.29, 1.82) is 0 Å². The second kappa shape index (κ2) is 6.58. The predicted molar refractivity (Wildman–Crippen MR) is 76.7 cm³/mol. The minimum absolute atomic E-state index is 0.0679. The number of hydrogen-bond donors (Lipinski definition) is 1. The number of ether oxygens (including phenoxy) is 2. The molecule has 114 valence electrons. The van der Waals surface area contributed by atoms with Crippen molar-refractivity contribution >= 4 is 11.8 Å². The molecule has 6 nitrogen and oxygen atoms in total. The number of carbonyl (C=O) groups is 2. The number of nitrogens with two attached hydrogens (primary N) is 1. The van der Waals surface area contributed by atoms with Crippen LogP contribution in [0.3, 0.4) is 0 Å². The van der Waals surface area contributed by atoms with E-state index in [0.717, 1.165) is 5.75 Å². The lowest BCUT2D eigenvalue weighted by molar-refractivity contribution is -0.160. The molecule has 0 spiro atoms. The van der Waals surface area contributed by atoms with Gasteiger partial charge in [-0.2, -0.15) is 0 Å². The van der Waals surface area contributed by atoms with Crippen molar-refractivity contribution < 1.29 is 19.1 Å². The molecule has 6 heteroatoms. The molecule has 1 aliphatic rings. The van der Waals surface area contributed by atoms with E-state index >= 15 is 0 Å². The van der Waals surface area contributed by atoms with Gasteiger partial charge in [0, 0.05) is 6.54 Å². The Kier molecular flexibility index (Phi) is 4.80. The van der Waals surface area contributed by atoms with E-state index < -0.39 is 11.5 Å². The number of rotatable bonds is 5. The average molecular weight is 292 g/mol. The summed E-state index contributed by atoms with van der Waals surface area (Å²) in [6, 6.07) is 9.32. The second-order valence-electron chi connectivity index (χ2n) is 5.17. The van der Waals surface area contributed by atoms with Gasteiger partial charge in [0.1, 0.15) is 5.75 Å². The van der Waals surface area contributed by atoms with Crippen LogP contribution in [-0.2, 0) is 14.3 Å². The number of primary amides is 1. The van der Waals surface area contributed by atoms with Gasteiger partial charge >= 0.3 is 0 Å². The summed E-state index contributed by atoms with van der Waals surface area (Å²) in [4.78, 5) is 25.1. The number of carbonyl (C=O) groups excluding carboxylic acids is 2. The van der Waals surface area contributed by atoms with Gasteiger partial charge < -0.3 is 20.1 Å². The first-order valence-corrected chi connectivity index (χ1v) is 6.91. The Morgan fingerprint density at radius 1 is 1.38 bits per heavy atom. The Balaban J connectivity index is 1.82. The van der Waals surface area contributed by atoms with Crippen LogP contribution in [0.1, 0.15) is 13.3 Å². The smallest absolute Gasteiger partial charge is 0.251 e. The Labute approximate surface area is 123 Å². The third-order valence-electron chi connectivity index (χ3n) is 3.48. The zero-order valence-electron chi connectivity index (χ0n) is 12.1. The highest BCUT2D eigenvalue weighted by atomic mass is 16.5. The summed E-state index contributed by atoms with van der Waals surface area (Å²) in [7, 11) is 0. The van der Waals surface area contributed by atoms with Gasteiger partial charge in [-0.05, 0) is 19.1 Å². The maximum atomic E-state index is 12.1. The predicted octanol–water partition coefficient (Wildman–Crippen LogP) is 0.558. The molecule has 2 amide bonds. The SMILES string of the molecule is C[C@]1(C(N)=O)CN(C(=O)CCOc2ccccc2)CCO1. The topological polar surface area (TPSA) is 81.9 Å². The largest absolute Gasteiger partial charge is 0.493 e. The van der Waals surface area contributed by atoms with Crippen molar-refractivity contribution in [2.45, 2.75) is 18.9 Å². The van der Waals surface area contributed by atoms with Crippen molar-refractivity contribution in [3.05, 3.63) is 30.3 Å². The lowest BCUT2D eigenvalue weighted by Crippen LogP contribution is -2.58. The first-order chi connectivity index (χ1) is 10.0. The normalized spacial score (nSPS) is 21.9. The molecule has 1 heterocycles. The van der Waals surface area contributed by atoms with E-state index in [1.165, 1.54) is 0 Å². The van der Waals surface area contributed by atoms with Crippen molar-refractivity contribution in [2.75, 3.05) is 26.3 Å². The van der Waals surface area contributed by atoms with Crippen LogP contribution in [0.4, 0.5) is 0 Å². The van der Waals surface area contributed by atoms with Crippen LogP contribution in [0.25, 0.3) is 0 Å². The number of benzene rings is 1. The van der Waals surface area contributed by atoms with Gasteiger partial charge in [0.2, 0.25) is 5.91 Å². The van der Waals surface area contributed by atoms with E-state index in [4.69, 9.17) is 15.2 Å². The fraction of sp³-hybridized carbons (Fsp3) is 0.467. The molecule has 1 fully saturated rings. The molecule has 1 atom stereocenters. The summed E-state index contributed by atoms with van der Waals surface area (Å²) < 4.78 is 10.9. The Bertz CT molecular complexity index is 506. The number of nitrogens with zero attached hydrogens (tertiary/aromatic N) is 1. The van der Waals surface area contributed by atoms with Gasteiger partial charge in [0.25, 0.3) is 5.91 Å². The van der Waals surface area contributed by atoms with Crippen LogP contribution in [0.15, 0.2) is 30.3 Å². The monoisotopic (exact) mass is 292 g/mol. The lowest BCUT2D eigenvalue weighted by Gasteiger charge is -2.38. The molecule has 1 aromatic carbocycles. The number of para-hydroxylation sites is 1. The summed E-state index contributed by atoms with van der Waals surface area (Å²) in [5.74, 6) is 0.108. The Morgan fingerprint density at radius 3 is 2.76 bits per heavy atom. The molecule has 0 radical (unpaired) electrons. The molecule has 1 aromatic rings. The molecular formula is C15H20N2O4. The molecule has 0 aromatic heterocycles. The highest BCUT2D eigenvalue weighted by Gasteiger charge is 2.38. The summed E-state index contributed by atoms with van der Waals surface area (Å²) in [6.45, 7) is 2.87. The fourth-order valence-electron chi connectivity index (χ4n) is 2.16. The van der Waals surface area contributed by atoms with Crippen molar-refractivity contribution in [1.82, 2.24) is 4.90 Å². The summed E-state index contributed by atoms with van der Waals surface area (Å²) in [5.41, 5.74) is 4.21. The maximum absolute atomic E-state index is 12.1. The first-order valence-electron chi connectivity index (χ1n) is 6.91. The van der Waals surface area contributed by atoms with Gasteiger partial charge in [-0.1, -0.05) is 18.2 Å². The zero-order valence-corrected chi connectivity index (χ0v) is 12.1. The molecule has 0 bridgehead atoms. The molecule has 0 unspecified atom stereocenters. The Morgan fingerprint density at radius 2 is 2.10 bits per heavy atom. The molecule has 2 N–H and O–H groups in total. The van der Waals surface area contributed by atoms with E-state index in [0.29, 0.717) is 19.8 Å². The number of amides is 2. The summed E-state index contributed by atoms with van der Waals surface area (Å²) in [5, 5.41) is 0. The van der Waals surface area contributed by atoms with Crippen molar-refractivity contribution in [3.63, 3.8) is 0 Å². The Hall–Kier alpha value is -2.08. The highest BCUT2D eigenvalue weighted by Crippen LogP contribution is 2.18. The molecule has 0 saturated carbocycles. The molecule has 1 saturated heterocycles. The summed E-state index contributed by atoms with van der Waals surface area (Å²) >= 11 is 0. The lowest BCUT2D eigenvalue weighted by atomic mass is 10.0. The maximum Gasteiger partial charge on any atom is 0.251 e. The van der Waals surface area contributed by atoms with E-state index in [1.807, 2.05) is 30.3 Å². The highest BCUT2D eigenvalue weighted by molar-refractivity contribution is 5.85. The van der Waals surface area contributed by atoms with Crippen LogP contribution < -0.4 is 10.5 Å². The van der Waals surface area contributed by atoms with Crippen molar-refractivity contribution in [3.8, 4) is 5.75 Å². The standard InChI is InChI=1S/C15H20N2O4/c1-15(14(16)19)11-17(8-10-21-15)13(18)7-9-20-12-5-3-2-4-6-12/h2-6H,7-11H2,1H3,(H2,16,19)/t15-/m1/s1. The van der Waals surface area contributed by atoms with E-state index in [-0.39, 0.29) is 18.9 Å². The fourth-order valence-corrected chi connectivity index (χ4v) is 2.16. The third-order valence-corrected chi connectivity index (χ3v) is 3.48. The van der Waals surface area contributed by atoms with Gasteiger partial charge in [0.05, 0.1) is 26.2 Å². The molecule has 2 rings (SSSR count). The minimum atomic E-state index is -1.10. The molecule has 21 heavy (non-hydrogen) atoms. The van der Waals surface area contributed by atoms with Crippen LogP contribution >= 0.6 is 0 Å². The quantitative estimate of drug-likeness (QED) is 0.859. The number of hydrogen-bond acceptors (Lipinski definition) is 4. The van der Waals surface area contributed by atoms with E-state index in [2.05, 4.69) is 0 Å². The first kappa shape index (κ1) is 15.3. The molecule has 1 aliphatic heterocycles. The second-order valence-corrected chi connectivity index (χ2v) is 5.17.